The van der Waals surface area contributed by atoms with Crippen LogP contribution in [0.3, 0.4) is 0 Å². The first-order valence-electron chi connectivity index (χ1n) is 4.56. The van der Waals surface area contributed by atoms with Gasteiger partial charge in [-0.3, -0.25) is 0 Å². The van der Waals surface area contributed by atoms with Crippen molar-refractivity contribution in [2.75, 3.05) is 12.8 Å². The zero-order valence-electron chi connectivity index (χ0n) is 9.42. The Morgan fingerprint density at radius 3 is 1.84 bits per heavy atom. The zero-order chi connectivity index (χ0) is 15.1. The van der Waals surface area contributed by atoms with Crippen molar-refractivity contribution in [3.05, 3.63) is 24.3 Å². The molecule has 6 nitrogen and oxygen atoms in total. The van der Waals surface area contributed by atoms with Crippen LogP contribution in [0.25, 0.3) is 0 Å². The first kappa shape index (κ1) is 15.7. The number of nitrogens with zero attached hydrogens (tertiary/aromatic N) is 1. The lowest BCUT2D eigenvalue weighted by atomic mass is 10.3. The van der Waals surface area contributed by atoms with Crippen molar-refractivity contribution in [2.45, 2.75) is 10.4 Å². The molecule has 0 heterocycles. The molecule has 1 aromatic rings. The van der Waals surface area contributed by atoms with Gasteiger partial charge in [-0.15, -0.1) is 0 Å². The first-order valence-corrected chi connectivity index (χ1v) is 7.44. The van der Waals surface area contributed by atoms with Crippen molar-refractivity contribution in [1.29, 1.82) is 0 Å². The maximum atomic E-state index is 12.3. The number of benzene rings is 1. The molecule has 0 atom stereocenters. The zero-order valence-corrected chi connectivity index (χ0v) is 11.1. The Hall–Kier alpha value is -1.33. The van der Waals surface area contributed by atoms with Crippen LogP contribution in [0, 0.1) is 0 Å². The van der Waals surface area contributed by atoms with Crippen LogP contribution in [-0.4, -0.2) is 33.1 Å². The SMILES string of the molecule is CN(S(=O)(=O)c1ccc(N)cc1)S(=O)(=O)C(F)(F)F. The molecule has 0 unspecified atom stereocenters. The molecule has 108 valence electrons. The molecule has 0 spiro atoms. The van der Waals surface area contributed by atoms with Crippen molar-refractivity contribution >= 4 is 25.7 Å². The van der Waals surface area contributed by atoms with Gasteiger partial charge in [0.2, 0.25) is 0 Å². The van der Waals surface area contributed by atoms with E-state index < -0.39 is 34.2 Å². The monoisotopic (exact) mass is 318 g/mol. The maximum absolute atomic E-state index is 12.3. The Balaban J connectivity index is 3.33. The van der Waals surface area contributed by atoms with Crippen LogP contribution in [0.2, 0.25) is 0 Å². The van der Waals surface area contributed by atoms with Crippen LogP contribution in [-0.2, 0) is 20.0 Å². The van der Waals surface area contributed by atoms with Crippen molar-refractivity contribution in [2.24, 2.45) is 0 Å². The Morgan fingerprint density at radius 2 is 1.47 bits per heavy atom. The highest BCUT2D eigenvalue weighted by Gasteiger charge is 2.52. The fraction of sp³-hybridized carbons (Fsp3) is 0.250. The number of alkyl halides is 3. The molecule has 0 aliphatic carbocycles. The molecule has 19 heavy (non-hydrogen) atoms. The lowest BCUT2D eigenvalue weighted by Crippen LogP contribution is -2.41. The number of hydrogen-bond donors (Lipinski definition) is 1. The quantitative estimate of drug-likeness (QED) is 0.829. The van der Waals surface area contributed by atoms with E-state index in [1.54, 1.807) is 0 Å². The van der Waals surface area contributed by atoms with E-state index in [0.29, 0.717) is 7.05 Å². The third kappa shape index (κ3) is 2.82. The minimum absolute atomic E-state index is 0.181. The molecule has 0 amide bonds. The van der Waals surface area contributed by atoms with E-state index in [-0.39, 0.29) is 5.69 Å². The average molecular weight is 318 g/mol. The van der Waals surface area contributed by atoms with Gasteiger partial charge in [0, 0.05) is 12.7 Å². The predicted molar refractivity (Wildman–Crippen MR) is 60.8 cm³/mol. The lowest BCUT2D eigenvalue weighted by molar-refractivity contribution is -0.0465. The van der Waals surface area contributed by atoms with Gasteiger partial charge in [-0.1, -0.05) is 3.71 Å². The molecular weight excluding hydrogens is 309 g/mol. The van der Waals surface area contributed by atoms with E-state index >= 15 is 0 Å². The Bertz CT molecular complexity index is 665. The van der Waals surface area contributed by atoms with E-state index in [2.05, 4.69) is 0 Å². The Labute approximate surface area is 107 Å². The van der Waals surface area contributed by atoms with Crippen molar-refractivity contribution in [3.8, 4) is 0 Å². The van der Waals surface area contributed by atoms with Gasteiger partial charge in [-0.2, -0.15) is 13.2 Å². The number of anilines is 1. The summed E-state index contributed by atoms with van der Waals surface area (Å²) in [7, 11) is -10.5. The van der Waals surface area contributed by atoms with Crippen LogP contribution >= 0.6 is 0 Å². The molecule has 0 radical (unpaired) electrons. The lowest BCUT2D eigenvalue weighted by Gasteiger charge is -2.18. The second-order valence-corrected chi connectivity index (χ2v) is 7.57. The van der Waals surface area contributed by atoms with Crippen molar-refractivity contribution < 1.29 is 30.0 Å². The fourth-order valence-corrected chi connectivity index (χ4v) is 3.68. The third-order valence-electron chi connectivity index (χ3n) is 2.15. The summed E-state index contributed by atoms with van der Waals surface area (Å²) in [6, 6.07) is 4.07. The summed E-state index contributed by atoms with van der Waals surface area (Å²) in [4.78, 5) is -0.614. The first-order chi connectivity index (χ1) is 8.40. The molecular formula is C8H9F3N2O4S2. The van der Waals surface area contributed by atoms with Gasteiger partial charge in [0.15, 0.2) is 0 Å². The summed E-state index contributed by atoms with van der Waals surface area (Å²) in [6.45, 7) is 0. The Kier molecular flexibility index (Phi) is 3.85. The molecule has 0 saturated carbocycles. The number of nitrogen functional groups attached to an aromatic ring is 1. The minimum Gasteiger partial charge on any atom is -0.399 e. The molecule has 0 fully saturated rings. The van der Waals surface area contributed by atoms with Gasteiger partial charge in [-0.05, 0) is 24.3 Å². The number of sulfonamides is 2. The van der Waals surface area contributed by atoms with Crippen molar-refractivity contribution in [3.63, 3.8) is 0 Å². The van der Waals surface area contributed by atoms with Gasteiger partial charge in [0.25, 0.3) is 10.0 Å². The number of halogens is 3. The number of hydrogen-bond acceptors (Lipinski definition) is 5. The van der Waals surface area contributed by atoms with Gasteiger partial charge in [0.05, 0.1) is 4.90 Å². The smallest absolute Gasteiger partial charge is 0.399 e. The molecule has 11 heteroatoms. The second-order valence-electron chi connectivity index (χ2n) is 3.40. The molecule has 1 aromatic carbocycles. The highest BCUT2D eigenvalue weighted by molar-refractivity contribution is 8.04. The number of rotatable bonds is 3. The summed E-state index contributed by atoms with van der Waals surface area (Å²) >= 11 is 0. The van der Waals surface area contributed by atoms with Crippen LogP contribution in [0.1, 0.15) is 0 Å². The summed E-state index contributed by atoms with van der Waals surface area (Å²) in [5.41, 5.74) is -0.230. The maximum Gasteiger partial charge on any atom is 0.512 e. The van der Waals surface area contributed by atoms with Crippen LogP contribution in [0.5, 0.6) is 0 Å². The van der Waals surface area contributed by atoms with Crippen molar-refractivity contribution in [1.82, 2.24) is 3.71 Å². The Morgan fingerprint density at radius 1 is 1.05 bits per heavy atom. The van der Waals surface area contributed by atoms with E-state index in [1.807, 2.05) is 0 Å². The minimum atomic E-state index is -5.98. The van der Waals surface area contributed by atoms with E-state index in [4.69, 9.17) is 5.73 Å². The largest absolute Gasteiger partial charge is 0.512 e. The van der Waals surface area contributed by atoms with Crippen LogP contribution in [0.4, 0.5) is 18.9 Å². The highest BCUT2D eigenvalue weighted by atomic mass is 32.3. The van der Waals surface area contributed by atoms with E-state index in [1.165, 1.54) is 0 Å². The average Bonchev–Trinajstić information content (AvgIpc) is 2.27. The van der Waals surface area contributed by atoms with Crippen LogP contribution < -0.4 is 5.73 Å². The molecule has 2 N–H and O–H groups in total. The molecule has 0 aromatic heterocycles. The summed E-state index contributed by atoms with van der Waals surface area (Å²) in [5.74, 6) is 0. The van der Waals surface area contributed by atoms with Crippen LogP contribution in [0.15, 0.2) is 29.2 Å². The summed E-state index contributed by atoms with van der Waals surface area (Å²) in [5, 5.41) is 0. The molecule has 0 aliphatic rings. The van der Waals surface area contributed by atoms with E-state index in [9.17, 15) is 30.0 Å². The van der Waals surface area contributed by atoms with Gasteiger partial charge in [0.1, 0.15) is 0 Å². The molecule has 0 aliphatic heterocycles. The van der Waals surface area contributed by atoms with Gasteiger partial charge < -0.3 is 5.73 Å². The number of nitrogens with two attached hydrogens (primary N) is 1. The second kappa shape index (κ2) is 4.65. The predicted octanol–water partition coefficient (Wildman–Crippen LogP) is 0.739. The van der Waals surface area contributed by atoms with Gasteiger partial charge >= 0.3 is 15.5 Å². The standard InChI is InChI=1S/C8H9F3N2O4S2/c1-13(19(16,17)8(9,10)11)18(14,15)7-4-2-6(12)3-5-7/h2-5H,12H2,1H3. The molecule has 0 saturated heterocycles. The van der Waals surface area contributed by atoms with E-state index in [0.717, 1.165) is 24.3 Å². The third-order valence-corrected chi connectivity index (χ3v) is 6.13. The topological polar surface area (TPSA) is 97.5 Å². The fourth-order valence-electron chi connectivity index (χ4n) is 1.06. The molecule has 0 bridgehead atoms. The molecule has 1 rings (SSSR count). The summed E-state index contributed by atoms with van der Waals surface area (Å²) in [6.07, 6.45) is 0. The normalized spacial score (nSPS) is 13.7. The summed E-state index contributed by atoms with van der Waals surface area (Å²) < 4.78 is 81.7. The van der Waals surface area contributed by atoms with Gasteiger partial charge in [-0.25, -0.2) is 16.8 Å². The highest BCUT2D eigenvalue weighted by Crippen LogP contribution is 2.29.